The number of anilines is 1. The largest absolute Gasteiger partial charge is 0.444 e. The Morgan fingerprint density at radius 2 is 1.70 bits per heavy atom. The number of hydrogen-bond donors (Lipinski definition) is 3. The van der Waals surface area contributed by atoms with Gasteiger partial charge in [-0.1, -0.05) is 12.1 Å². The van der Waals surface area contributed by atoms with Gasteiger partial charge in [-0.3, -0.25) is 0 Å². The molecule has 0 aromatic heterocycles. The fraction of sp³-hybridized carbons (Fsp3) is 0.600. The number of nitrogens with one attached hydrogen (secondary N) is 3. The summed E-state index contributed by atoms with van der Waals surface area (Å²) in [5.74, 6) is 0.770. The van der Waals surface area contributed by atoms with Crippen LogP contribution in [0.3, 0.4) is 0 Å². The monoisotopic (exact) mass is 377 g/mol. The Balaban J connectivity index is 2.38. The lowest BCUT2D eigenvalue weighted by molar-refractivity contribution is 0.0527. The van der Waals surface area contributed by atoms with E-state index in [-0.39, 0.29) is 6.09 Å². The van der Waals surface area contributed by atoms with Crippen molar-refractivity contribution >= 4 is 17.7 Å². The van der Waals surface area contributed by atoms with Gasteiger partial charge in [-0.05, 0) is 51.8 Å². The van der Waals surface area contributed by atoms with E-state index in [1.54, 1.807) is 0 Å². The Bertz CT molecular complexity index is 591. The van der Waals surface area contributed by atoms with Gasteiger partial charge in [0.25, 0.3) is 0 Å². The van der Waals surface area contributed by atoms with E-state index < -0.39 is 5.60 Å². The minimum atomic E-state index is -0.474. The minimum absolute atomic E-state index is 0.385. The van der Waals surface area contributed by atoms with E-state index in [1.807, 2.05) is 41.8 Å². The molecular formula is C20H35N5O2. The highest BCUT2D eigenvalue weighted by atomic mass is 16.6. The molecule has 0 radical (unpaired) electrons. The highest BCUT2D eigenvalue weighted by Crippen LogP contribution is 2.12. The van der Waals surface area contributed by atoms with Crippen molar-refractivity contribution in [2.45, 2.75) is 46.3 Å². The van der Waals surface area contributed by atoms with Gasteiger partial charge in [0.1, 0.15) is 5.60 Å². The number of guanidine groups is 1. The van der Waals surface area contributed by atoms with Crippen molar-refractivity contribution in [2.24, 2.45) is 4.99 Å². The van der Waals surface area contributed by atoms with E-state index >= 15 is 0 Å². The molecule has 0 fully saturated rings. The van der Waals surface area contributed by atoms with Gasteiger partial charge in [-0.25, -0.2) is 9.79 Å². The Morgan fingerprint density at radius 3 is 2.26 bits per heavy atom. The van der Waals surface area contributed by atoms with Crippen molar-refractivity contribution < 1.29 is 9.53 Å². The van der Waals surface area contributed by atoms with Gasteiger partial charge in [0.05, 0.1) is 6.54 Å². The lowest BCUT2D eigenvalue weighted by Crippen LogP contribution is -2.39. The third-order valence-corrected chi connectivity index (χ3v) is 3.53. The summed E-state index contributed by atoms with van der Waals surface area (Å²) in [7, 11) is 4.05. The van der Waals surface area contributed by atoms with Crippen molar-refractivity contribution in [3.05, 3.63) is 29.8 Å². The van der Waals surface area contributed by atoms with Gasteiger partial charge in [0.2, 0.25) is 0 Å². The molecule has 1 aromatic carbocycles. The van der Waals surface area contributed by atoms with Gasteiger partial charge < -0.3 is 25.6 Å². The Morgan fingerprint density at radius 1 is 1.07 bits per heavy atom. The maximum atomic E-state index is 11.6. The maximum absolute atomic E-state index is 11.6. The fourth-order valence-electron chi connectivity index (χ4n) is 2.21. The maximum Gasteiger partial charge on any atom is 0.407 e. The van der Waals surface area contributed by atoms with Gasteiger partial charge in [0, 0.05) is 39.4 Å². The molecule has 0 aliphatic carbocycles. The van der Waals surface area contributed by atoms with Crippen molar-refractivity contribution in [1.82, 2.24) is 16.0 Å². The van der Waals surface area contributed by atoms with Crippen LogP contribution in [-0.2, 0) is 11.3 Å². The second-order valence-electron chi connectivity index (χ2n) is 7.47. The Labute approximate surface area is 163 Å². The van der Waals surface area contributed by atoms with Crippen LogP contribution in [0.5, 0.6) is 0 Å². The van der Waals surface area contributed by atoms with Crippen molar-refractivity contribution in [3.8, 4) is 0 Å². The average molecular weight is 378 g/mol. The number of nitrogens with zero attached hydrogens (tertiary/aromatic N) is 2. The number of hydrogen-bond acceptors (Lipinski definition) is 4. The summed E-state index contributed by atoms with van der Waals surface area (Å²) in [5, 5.41) is 9.26. The quantitative estimate of drug-likeness (QED) is 0.369. The molecular weight excluding hydrogens is 342 g/mol. The summed E-state index contributed by atoms with van der Waals surface area (Å²) in [6, 6.07) is 8.36. The number of alkyl carbamates (subject to hydrolysis) is 1. The summed E-state index contributed by atoms with van der Waals surface area (Å²) in [6.45, 7) is 10.2. The minimum Gasteiger partial charge on any atom is -0.444 e. The van der Waals surface area contributed by atoms with E-state index in [0.29, 0.717) is 19.6 Å². The number of benzene rings is 1. The van der Waals surface area contributed by atoms with Crippen LogP contribution in [0.4, 0.5) is 10.5 Å². The van der Waals surface area contributed by atoms with Crippen LogP contribution < -0.4 is 20.9 Å². The number of amides is 1. The summed E-state index contributed by atoms with van der Waals surface area (Å²) in [6.07, 6.45) is 0.394. The zero-order chi connectivity index (χ0) is 20.3. The van der Waals surface area contributed by atoms with Crippen LogP contribution >= 0.6 is 0 Å². The Hall–Kier alpha value is -2.44. The van der Waals surface area contributed by atoms with Gasteiger partial charge in [0.15, 0.2) is 5.96 Å². The molecule has 0 saturated carbocycles. The van der Waals surface area contributed by atoms with Crippen LogP contribution in [0.25, 0.3) is 0 Å². The average Bonchev–Trinajstić information content (AvgIpc) is 2.58. The molecule has 1 aromatic rings. The highest BCUT2D eigenvalue weighted by molar-refractivity contribution is 5.79. The number of ether oxygens (including phenoxy) is 1. The number of carbonyl (C=O) groups excluding carboxylic acids is 1. The molecule has 27 heavy (non-hydrogen) atoms. The van der Waals surface area contributed by atoms with Gasteiger partial charge in [-0.15, -0.1) is 0 Å². The molecule has 0 heterocycles. The molecule has 0 spiro atoms. The predicted molar refractivity (Wildman–Crippen MR) is 112 cm³/mol. The van der Waals surface area contributed by atoms with Crippen molar-refractivity contribution in [1.29, 1.82) is 0 Å². The predicted octanol–water partition coefficient (Wildman–Crippen LogP) is 2.72. The molecule has 0 unspecified atom stereocenters. The highest BCUT2D eigenvalue weighted by Gasteiger charge is 2.15. The van der Waals surface area contributed by atoms with E-state index in [9.17, 15) is 4.79 Å². The summed E-state index contributed by atoms with van der Waals surface area (Å²) in [5.41, 5.74) is 1.85. The van der Waals surface area contributed by atoms with E-state index in [0.717, 1.165) is 24.5 Å². The van der Waals surface area contributed by atoms with Crippen LogP contribution in [0.2, 0.25) is 0 Å². The molecule has 152 valence electrons. The SMILES string of the molecule is CCNC(=NCc1ccc(N(C)C)cc1)NCCCNC(=O)OC(C)(C)C. The zero-order valence-electron chi connectivity index (χ0n) is 17.6. The molecule has 1 amide bonds. The first-order valence-corrected chi connectivity index (χ1v) is 9.46. The zero-order valence-corrected chi connectivity index (χ0v) is 17.6. The number of aliphatic imine (C=N–C) groups is 1. The molecule has 0 aliphatic rings. The Kier molecular flexibility index (Phi) is 9.47. The number of carbonyl (C=O) groups is 1. The third-order valence-electron chi connectivity index (χ3n) is 3.53. The third kappa shape index (κ3) is 10.3. The number of rotatable bonds is 8. The second kappa shape index (κ2) is 11.3. The first-order chi connectivity index (χ1) is 12.7. The normalized spacial score (nSPS) is 11.7. The van der Waals surface area contributed by atoms with Gasteiger partial charge >= 0.3 is 6.09 Å². The molecule has 0 saturated heterocycles. The first-order valence-electron chi connectivity index (χ1n) is 9.46. The van der Waals surface area contributed by atoms with Crippen molar-refractivity contribution in [3.63, 3.8) is 0 Å². The standard InChI is InChI=1S/C20H35N5O2/c1-7-21-18(22-13-8-14-23-19(26)27-20(2,3)4)24-15-16-9-11-17(12-10-16)25(5)6/h9-12H,7-8,13-15H2,1-6H3,(H,23,26)(H2,21,22,24). The summed E-state index contributed by atoms with van der Waals surface area (Å²) in [4.78, 5) is 18.3. The molecule has 0 atom stereocenters. The molecule has 1 rings (SSSR count). The fourth-order valence-corrected chi connectivity index (χ4v) is 2.21. The molecule has 0 bridgehead atoms. The second-order valence-corrected chi connectivity index (χ2v) is 7.47. The van der Waals surface area contributed by atoms with Gasteiger partial charge in [-0.2, -0.15) is 0 Å². The van der Waals surface area contributed by atoms with E-state index in [1.165, 1.54) is 5.69 Å². The molecule has 7 heteroatoms. The van der Waals surface area contributed by atoms with Crippen molar-refractivity contribution in [2.75, 3.05) is 38.6 Å². The van der Waals surface area contributed by atoms with Crippen LogP contribution in [0, 0.1) is 0 Å². The van der Waals surface area contributed by atoms with Crippen LogP contribution in [-0.4, -0.2) is 51.4 Å². The van der Waals surface area contributed by atoms with E-state index in [4.69, 9.17) is 4.74 Å². The van der Waals surface area contributed by atoms with Crippen LogP contribution in [0.15, 0.2) is 29.3 Å². The van der Waals surface area contributed by atoms with E-state index in [2.05, 4.69) is 50.1 Å². The summed E-state index contributed by atoms with van der Waals surface area (Å²) >= 11 is 0. The van der Waals surface area contributed by atoms with Crippen LogP contribution in [0.1, 0.15) is 39.7 Å². The summed E-state index contributed by atoms with van der Waals surface area (Å²) < 4.78 is 5.21. The topological polar surface area (TPSA) is 78.0 Å². The molecule has 3 N–H and O–H groups in total. The molecule has 7 nitrogen and oxygen atoms in total. The molecule has 0 aliphatic heterocycles. The first kappa shape index (κ1) is 22.6. The lowest BCUT2D eigenvalue weighted by atomic mass is 10.2. The lowest BCUT2D eigenvalue weighted by Gasteiger charge is -2.19. The smallest absolute Gasteiger partial charge is 0.407 e.